The maximum Gasteiger partial charge on any atom is 0.272 e. The summed E-state index contributed by atoms with van der Waals surface area (Å²) in [5, 5.41) is 0.802. The Kier molecular flexibility index (Phi) is 5.62. The number of furan rings is 1. The van der Waals surface area contributed by atoms with Crippen LogP contribution in [0.25, 0.3) is 11.0 Å². The van der Waals surface area contributed by atoms with E-state index >= 15 is 0 Å². The molecule has 4 aromatic rings. The number of benzene rings is 3. The second-order valence-corrected chi connectivity index (χ2v) is 9.39. The lowest BCUT2D eigenvalue weighted by atomic mass is 10.1. The number of hydrogen-bond donors (Lipinski definition) is 0. The number of aryl methyl sites for hydroxylation is 1. The molecule has 0 N–H and O–H groups in total. The molecule has 32 heavy (non-hydrogen) atoms. The molecule has 0 atom stereocenters. The zero-order valence-electron chi connectivity index (χ0n) is 17.2. The van der Waals surface area contributed by atoms with Gasteiger partial charge in [-0.15, -0.1) is 0 Å². The van der Waals surface area contributed by atoms with Gasteiger partial charge < -0.3 is 4.42 Å². The molecule has 3 aromatic carbocycles. The van der Waals surface area contributed by atoms with Gasteiger partial charge in [0.2, 0.25) is 0 Å². The summed E-state index contributed by atoms with van der Waals surface area (Å²) < 4.78 is 33.5. The van der Waals surface area contributed by atoms with Gasteiger partial charge in [0.25, 0.3) is 15.9 Å². The molecule has 0 saturated heterocycles. The van der Waals surface area contributed by atoms with Crippen LogP contribution in [0.5, 0.6) is 0 Å². The van der Waals surface area contributed by atoms with E-state index in [0.717, 1.165) is 4.31 Å². The first-order valence-corrected chi connectivity index (χ1v) is 11.5. The third-order valence-electron chi connectivity index (χ3n) is 4.99. The normalized spacial score (nSPS) is 11.5. The lowest BCUT2D eigenvalue weighted by molar-refractivity contribution is 0.1000. The number of rotatable bonds is 5. The Morgan fingerprint density at radius 1 is 0.938 bits per heavy atom. The zero-order chi connectivity index (χ0) is 23.0. The van der Waals surface area contributed by atoms with Crippen LogP contribution in [0.4, 0.5) is 5.69 Å². The highest BCUT2D eigenvalue weighted by molar-refractivity contribution is 7.93. The van der Waals surface area contributed by atoms with Gasteiger partial charge in [-0.05, 0) is 68.4 Å². The average Bonchev–Trinajstić information content (AvgIpc) is 3.10. The summed E-state index contributed by atoms with van der Waals surface area (Å²) in [6.45, 7) is 3.06. The van der Waals surface area contributed by atoms with Crippen LogP contribution in [0.15, 0.2) is 82.1 Å². The number of nitrogens with zero attached hydrogens (tertiary/aromatic N) is 1. The fourth-order valence-corrected chi connectivity index (χ4v) is 5.08. The number of amides is 1. The monoisotopic (exact) mass is 467 g/mol. The van der Waals surface area contributed by atoms with Crippen LogP contribution in [0.1, 0.15) is 33.4 Å². The number of Topliss-reactive ketones (excluding diaryl/α,β-unsaturated/α-hetero) is 1. The second-order valence-electron chi connectivity index (χ2n) is 7.16. The summed E-state index contributed by atoms with van der Waals surface area (Å²) in [6, 6.07) is 18.2. The van der Waals surface area contributed by atoms with Gasteiger partial charge in [0.05, 0.1) is 16.1 Å². The maximum absolute atomic E-state index is 13.6. The molecule has 0 fully saturated rings. The van der Waals surface area contributed by atoms with Crippen LogP contribution in [0, 0.1) is 6.92 Å². The van der Waals surface area contributed by atoms with Crippen molar-refractivity contribution in [2.24, 2.45) is 0 Å². The molecule has 4 rings (SSSR count). The number of fused-ring (bicyclic) bond motifs is 1. The van der Waals surface area contributed by atoms with Gasteiger partial charge in [0.15, 0.2) is 5.78 Å². The molecule has 162 valence electrons. The fraction of sp³-hybridized carbons (Fsp3) is 0.0833. The molecule has 0 spiro atoms. The predicted molar refractivity (Wildman–Crippen MR) is 123 cm³/mol. The van der Waals surface area contributed by atoms with Crippen LogP contribution in [-0.4, -0.2) is 20.1 Å². The van der Waals surface area contributed by atoms with E-state index in [1.165, 1.54) is 55.5 Å². The minimum atomic E-state index is -4.30. The molecule has 1 amide bonds. The van der Waals surface area contributed by atoms with Crippen LogP contribution in [0.2, 0.25) is 5.02 Å². The first-order valence-electron chi connectivity index (χ1n) is 9.64. The summed E-state index contributed by atoms with van der Waals surface area (Å²) in [7, 11) is -4.30. The molecule has 6 nitrogen and oxygen atoms in total. The van der Waals surface area contributed by atoms with Crippen LogP contribution < -0.4 is 4.31 Å². The number of sulfonamides is 1. The van der Waals surface area contributed by atoms with Crippen molar-refractivity contribution in [1.29, 1.82) is 0 Å². The van der Waals surface area contributed by atoms with Gasteiger partial charge in [0, 0.05) is 16.0 Å². The van der Waals surface area contributed by atoms with E-state index in [1.54, 1.807) is 31.2 Å². The van der Waals surface area contributed by atoms with Crippen molar-refractivity contribution >= 4 is 50.0 Å². The van der Waals surface area contributed by atoms with E-state index in [2.05, 4.69) is 0 Å². The molecule has 0 radical (unpaired) electrons. The van der Waals surface area contributed by atoms with Crippen molar-refractivity contribution in [3.8, 4) is 0 Å². The molecule has 0 aliphatic carbocycles. The van der Waals surface area contributed by atoms with Gasteiger partial charge in [-0.2, -0.15) is 4.31 Å². The molecule has 0 saturated carbocycles. The van der Waals surface area contributed by atoms with E-state index < -0.39 is 15.9 Å². The van der Waals surface area contributed by atoms with E-state index in [-0.39, 0.29) is 21.9 Å². The lowest BCUT2D eigenvalue weighted by Crippen LogP contribution is -2.37. The Morgan fingerprint density at radius 2 is 1.59 bits per heavy atom. The third-order valence-corrected chi connectivity index (χ3v) is 6.97. The van der Waals surface area contributed by atoms with Gasteiger partial charge in [-0.3, -0.25) is 9.59 Å². The second kappa shape index (κ2) is 8.26. The zero-order valence-corrected chi connectivity index (χ0v) is 18.8. The summed E-state index contributed by atoms with van der Waals surface area (Å²) in [6.07, 6.45) is 0. The average molecular weight is 468 g/mol. The van der Waals surface area contributed by atoms with E-state index in [9.17, 15) is 18.0 Å². The molecule has 0 bridgehead atoms. The summed E-state index contributed by atoms with van der Waals surface area (Å²) >= 11 is 5.91. The number of halogens is 1. The standard InChI is InChI=1S/C24H18ClNO5S/c1-15(27)23-16(2)31-22-13-10-19(14-21(22)23)26(24(28)17-6-4-3-5-7-17)32(29,30)20-11-8-18(25)9-12-20/h3-14H,1-2H3. The topological polar surface area (TPSA) is 84.7 Å². The van der Waals surface area contributed by atoms with Crippen molar-refractivity contribution in [3.63, 3.8) is 0 Å². The van der Waals surface area contributed by atoms with Crippen molar-refractivity contribution in [2.45, 2.75) is 18.7 Å². The third kappa shape index (κ3) is 3.81. The number of anilines is 1. The van der Waals surface area contributed by atoms with Crippen molar-refractivity contribution < 1.29 is 22.4 Å². The van der Waals surface area contributed by atoms with E-state index in [4.69, 9.17) is 16.0 Å². The molecular formula is C24H18ClNO5S. The highest BCUT2D eigenvalue weighted by atomic mass is 35.5. The predicted octanol–water partition coefficient (Wildman–Crippen LogP) is 5.63. The molecule has 0 unspecified atom stereocenters. The number of ketones is 1. The Balaban J connectivity index is 1.96. The molecule has 0 aliphatic rings. The highest BCUT2D eigenvalue weighted by Crippen LogP contribution is 2.33. The van der Waals surface area contributed by atoms with Gasteiger partial charge >= 0.3 is 0 Å². The summed E-state index contributed by atoms with van der Waals surface area (Å²) in [4.78, 5) is 25.5. The minimum absolute atomic E-state index is 0.0876. The largest absolute Gasteiger partial charge is 0.461 e. The van der Waals surface area contributed by atoms with Crippen molar-refractivity contribution in [2.75, 3.05) is 4.31 Å². The van der Waals surface area contributed by atoms with E-state index in [1.807, 2.05) is 0 Å². The first kappa shape index (κ1) is 21.8. The van der Waals surface area contributed by atoms with Crippen molar-refractivity contribution in [1.82, 2.24) is 0 Å². The number of carbonyl (C=O) groups is 2. The Hall–Kier alpha value is -3.42. The molecule has 1 heterocycles. The van der Waals surface area contributed by atoms with Crippen LogP contribution >= 0.6 is 11.6 Å². The van der Waals surface area contributed by atoms with Crippen molar-refractivity contribution in [3.05, 3.63) is 94.7 Å². The Labute approximate surface area is 190 Å². The summed E-state index contributed by atoms with van der Waals surface area (Å²) in [5.41, 5.74) is 1.05. The first-order chi connectivity index (χ1) is 15.2. The maximum atomic E-state index is 13.6. The minimum Gasteiger partial charge on any atom is -0.461 e. The van der Waals surface area contributed by atoms with Crippen LogP contribution in [0.3, 0.4) is 0 Å². The highest BCUT2D eigenvalue weighted by Gasteiger charge is 2.32. The Morgan fingerprint density at radius 3 is 2.22 bits per heavy atom. The molecule has 8 heteroatoms. The lowest BCUT2D eigenvalue weighted by Gasteiger charge is -2.23. The van der Waals surface area contributed by atoms with E-state index in [0.29, 0.717) is 27.3 Å². The van der Waals surface area contributed by atoms with Crippen LogP contribution in [-0.2, 0) is 10.0 Å². The fourth-order valence-electron chi connectivity index (χ4n) is 3.55. The number of hydrogen-bond acceptors (Lipinski definition) is 5. The SMILES string of the molecule is CC(=O)c1c(C)oc2ccc(N(C(=O)c3ccccc3)S(=O)(=O)c3ccc(Cl)cc3)cc12. The van der Waals surface area contributed by atoms with Gasteiger partial charge in [-0.25, -0.2) is 8.42 Å². The molecular weight excluding hydrogens is 450 g/mol. The molecule has 0 aliphatic heterocycles. The Bertz CT molecular complexity index is 1440. The molecule has 1 aromatic heterocycles. The quantitative estimate of drug-likeness (QED) is 0.355. The summed E-state index contributed by atoms with van der Waals surface area (Å²) in [5.74, 6) is -0.532. The number of carbonyl (C=O) groups excluding carboxylic acids is 2. The van der Waals surface area contributed by atoms with Gasteiger partial charge in [0.1, 0.15) is 11.3 Å². The van der Waals surface area contributed by atoms with Gasteiger partial charge in [-0.1, -0.05) is 29.8 Å². The smallest absolute Gasteiger partial charge is 0.272 e.